The summed E-state index contributed by atoms with van der Waals surface area (Å²) < 4.78 is 0. The molecule has 1 saturated carbocycles. The van der Waals surface area contributed by atoms with E-state index < -0.39 is 0 Å². The zero-order valence-corrected chi connectivity index (χ0v) is 8.34. The maximum absolute atomic E-state index is 5.75. The first kappa shape index (κ1) is 10.0. The van der Waals surface area contributed by atoms with E-state index in [0.29, 0.717) is 12.0 Å². The van der Waals surface area contributed by atoms with Crippen LogP contribution in [-0.2, 0) is 0 Å². The van der Waals surface area contributed by atoms with Crippen molar-refractivity contribution in [2.24, 2.45) is 17.6 Å². The lowest BCUT2D eigenvalue weighted by atomic mass is 9.78. The van der Waals surface area contributed by atoms with Crippen LogP contribution < -0.4 is 11.1 Å². The molecule has 3 N–H and O–H groups in total. The molecule has 0 radical (unpaired) electrons. The van der Waals surface area contributed by atoms with Gasteiger partial charge in [-0.25, -0.2) is 0 Å². The average Bonchev–Trinajstić information content (AvgIpc) is 2.09. The highest BCUT2D eigenvalue weighted by Gasteiger charge is 2.28. The number of nitrogens with two attached hydrogens (primary N) is 1. The quantitative estimate of drug-likeness (QED) is 0.671. The van der Waals surface area contributed by atoms with Crippen LogP contribution in [0.3, 0.4) is 0 Å². The lowest BCUT2D eigenvalue weighted by molar-refractivity contribution is 0.203. The summed E-state index contributed by atoms with van der Waals surface area (Å²) in [6.07, 6.45) is 4.05. The van der Waals surface area contributed by atoms with Gasteiger partial charge in [-0.05, 0) is 37.8 Å². The molecule has 3 atom stereocenters. The summed E-state index contributed by atoms with van der Waals surface area (Å²) >= 11 is 0. The Bertz CT molecular complexity index is 125. The SMILES string of the molecule is CCNC1C(C)CCCC1CN. The van der Waals surface area contributed by atoms with E-state index in [2.05, 4.69) is 19.2 Å². The molecule has 0 heterocycles. The Labute approximate surface area is 75.9 Å². The number of rotatable bonds is 3. The summed E-state index contributed by atoms with van der Waals surface area (Å²) in [5.41, 5.74) is 5.75. The molecule has 3 unspecified atom stereocenters. The van der Waals surface area contributed by atoms with Crippen molar-refractivity contribution in [3.63, 3.8) is 0 Å². The fraction of sp³-hybridized carbons (Fsp3) is 1.00. The molecule has 1 fully saturated rings. The van der Waals surface area contributed by atoms with Crippen molar-refractivity contribution < 1.29 is 0 Å². The number of hydrogen-bond donors (Lipinski definition) is 2. The smallest absolute Gasteiger partial charge is 0.0133 e. The summed E-state index contributed by atoms with van der Waals surface area (Å²) in [7, 11) is 0. The van der Waals surface area contributed by atoms with Gasteiger partial charge < -0.3 is 11.1 Å². The lowest BCUT2D eigenvalue weighted by Crippen LogP contribution is -2.46. The van der Waals surface area contributed by atoms with Gasteiger partial charge in [0.05, 0.1) is 0 Å². The molecule has 72 valence electrons. The highest BCUT2D eigenvalue weighted by molar-refractivity contribution is 4.85. The highest BCUT2D eigenvalue weighted by Crippen LogP contribution is 2.28. The van der Waals surface area contributed by atoms with Gasteiger partial charge in [-0.15, -0.1) is 0 Å². The molecule has 1 aliphatic carbocycles. The minimum absolute atomic E-state index is 0.675. The van der Waals surface area contributed by atoms with Crippen LogP contribution in [0.5, 0.6) is 0 Å². The summed E-state index contributed by atoms with van der Waals surface area (Å²) in [5.74, 6) is 1.53. The Balaban J connectivity index is 2.47. The molecule has 0 amide bonds. The average molecular weight is 170 g/mol. The van der Waals surface area contributed by atoms with Crippen LogP contribution in [0.15, 0.2) is 0 Å². The molecule has 1 rings (SSSR count). The van der Waals surface area contributed by atoms with Crippen molar-refractivity contribution in [2.45, 2.75) is 39.2 Å². The third kappa shape index (κ3) is 2.20. The van der Waals surface area contributed by atoms with Crippen LogP contribution in [0.2, 0.25) is 0 Å². The largest absolute Gasteiger partial charge is 0.330 e. The minimum atomic E-state index is 0.675. The van der Waals surface area contributed by atoms with Crippen molar-refractivity contribution in [3.8, 4) is 0 Å². The zero-order chi connectivity index (χ0) is 8.97. The van der Waals surface area contributed by atoms with E-state index in [1.165, 1.54) is 19.3 Å². The van der Waals surface area contributed by atoms with Crippen LogP contribution >= 0.6 is 0 Å². The standard InChI is InChI=1S/C10H22N2/c1-3-12-10-8(2)5-4-6-9(10)7-11/h8-10,12H,3-7,11H2,1-2H3. The van der Waals surface area contributed by atoms with Gasteiger partial charge in [-0.3, -0.25) is 0 Å². The van der Waals surface area contributed by atoms with Crippen molar-refractivity contribution >= 4 is 0 Å². The van der Waals surface area contributed by atoms with Crippen molar-refractivity contribution in [1.29, 1.82) is 0 Å². The molecule has 1 aliphatic rings. The Hall–Kier alpha value is -0.0800. The molecule has 0 aromatic rings. The molecule has 0 bridgehead atoms. The van der Waals surface area contributed by atoms with Crippen LogP contribution in [0.1, 0.15) is 33.1 Å². The van der Waals surface area contributed by atoms with Gasteiger partial charge in [0, 0.05) is 6.04 Å². The summed E-state index contributed by atoms with van der Waals surface area (Å²) in [4.78, 5) is 0. The maximum Gasteiger partial charge on any atom is 0.0133 e. The fourth-order valence-corrected chi connectivity index (χ4v) is 2.39. The van der Waals surface area contributed by atoms with E-state index in [1.807, 2.05) is 0 Å². The summed E-state index contributed by atoms with van der Waals surface area (Å²) in [6, 6.07) is 0.675. The van der Waals surface area contributed by atoms with Gasteiger partial charge in [0.25, 0.3) is 0 Å². The molecule has 2 heteroatoms. The molecule has 12 heavy (non-hydrogen) atoms. The second-order valence-electron chi connectivity index (χ2n) is 3.99. The third-order valence-electron chi connectivity index (χ3n) is 3.10. The second-order valence-corrected chi connectivity index (χ2v) is 3.99. The Morgan fingerprint density at radius 1 is 1.42 bits per heavy atom. The molecule has 0 spiro atoms. The number of nitrogens with one attached hydrogen (secondary N) is 1. The normalized spacial score (nSPS) is 36.8. The predicted molar refractivity (Wildman–Crippen MR) is 53.0 cm³/mol. The van der Waals surface area contributed by atoms with Gasteiger partial charge in [0.2, 0.25) is 0 Å². The van der Waals surface area contributed by atoms with Crippen molar-refractivity contribution in [1.82, 2.24) is 5.32 Å². The van der Waals surface area contributed by atoms with Gasteiger partial charge in [-0.2, -0.15) is 0 Å². The Morgan fingerprint density at radius 2 is 2.17 bits per heavy atom. The summed E-state index contributed by atoms with van der Waals surface area (Å²) in [5, 5.41) is 3.56. The Morgan fingerprint density at radius 3 is 2.75 bits per heavy atom. The first-order chi connectivity index (χ1) is 5.79. The lowest BCUT2D eigenvalue weighted by Gasteiger charge is -2.36. The third-order valence-corrected chi connectivity index (χ3v) is 3.10. The molecule has 0 aliphatic heterocycles. The fourth-order valence-electron chi connectivity index (χ4n) is 2.39. The van der Waals surface area contributed by atoms with Crippen LogP contribution in [0.4, 0.5) is 0 Å². The topological polar surface area (TPSA) is 38.0 Å². The molecular formula is C10H22N2. The van der Waals surface area contributed by atoms with Gasteiger partial charge >= 0.3 is 0 Å². The van der Waals surface area contributed by atoms with Gasteiger partial charge in [-0.1, -0.05) is 20.3 Å². The number of hydrogen-bond acceptors (Lipinski definition) is 2. The van der Waals surface area contributed by atoms with E-state index >= 15 is 0 Å². The van der Waals surface area contributed by atoms with Gasteiger partial charge in [0.1, 0.15) is 0 Å². The molecule has 2 nitrogen and oxygen atoms in total. The molecular weight excluding hydrogens is 148 g/mol. The van der Waals surface area contributed by atoms with E-state index in [0.717, 1.165) is 19.0 Å². The first-order valence-electron chi connectivity index (χ1n) is 5.23. The van der Waals surface area contributed by atoms with Crippen molar-refractivity contribution in [2.75, 3.05) is 13.1 Å². The van der Waals surface area contributed by atoms with Gasteiger partial charge in [0.15, 0.2) is 0 Å². The highest BCUT2D eigenvalue weighted by atomic mass is 14.9. The molecule has 0 aromatic carbocycles. The second kappa shape index (κ2) is 4.83. The molecule has 0 saturated heterocycles. The maximum atomic E-state index is 5.75. The predicted octanol–water partition coefficient (Wildman–Crippen LogP) is 1.36. The van der Waals surface area contributed by atoms with E-state index in [9.17, 15) is 0 Å². The van der Waals surface area contributed by atoms with Crippen LogP contribution in [0, 0.1) is 11.8 Å². The van der Waals surface area contributed by atoms with E-state index in [1.54, 1.807) is 0 Å². The molecule has 0 aromatic heterocycles. The van der Waals surface area contributed by atoms with Crippen LogP contribution in [-0.4, -0.2) is 19.1 Å². The van der Waals surface area contributed by atoms with Crippen LogP contribution in [0.25, 0.3) is 0 Å². The first-order valence-corrected chi connectivity index (χ1v) is 5.23. The monoisotopic (exact) mass is 170 g/mol. The van der Waals surface area contributed by atoms with E-state index in [-0.39, 0.29) is 0 Å². The van der Waals surface area contributed by atoms with E-state index in [4.69, 9.17) is 5.73 Å². The van der Waals surface area contributed by atoms with Crippen molar-refractivity contribution in [3.05, 3.63) is 0 Å². The zero-order valence-electron chi connectivity index (χ0n) is 8.34. The minimum Gasteiger partial charge on any atom is -0.330 e. The summed E-state index contributed by atoms with van der Waals surface area (Å²) in [6.45, 7) is 6.44. The Kier molecular flexibility index (Phi) is 4.02.